The van der Waals surface area contributed by atoms with E-state index in [2.05, 4.69) is 26.0 Å². The highest BCUT2D eigenvalue weighted by molar-refractivity contribution is 8.18. The lowest BCUT2D eigenvalue weighted by Crippen LogP contribution is -2.32. The third-order valence-electron chi connectivity index (χ3n) is 6.05. The summed E-state index contributed by atoms with van der Waals surface area (Å²) >= 11 is 3.39. The largest absolute Gasteiger partial charge is 0.494 e. The number of thioether (sulfide) groups is 2. The minimum atomic E-state index is -1.10. The molecule has 2 aliphatic rings. The van der Waals surface area contributed by atoms with Gasteiger partial charge in [-0.15, -0.1) is 23.5 Å². The number of rotatable bonds is 11. The van der Waals surface area contributed by atoms with Crippen molar-refractivity contribution in [2.75, 3.05) is 18.1 Å². The number of nitrogens with zero attached hydrogens (tertiary/aromatic N) is 3. The van der Waals surface area contributed by atoms with Gasteiger partial charge < -0.3 is 10.5 Å². The highest BCUT2D eigenvalue weighted by Crippen LogP contribution is 2.86. The Kier molecular flexibility index (Phi) is 6.95. The molecule has 3 rings (SSSR count). The molecule has 3 unspecified atom stereocenters. The Balaban J connectivity index is 2.13. The standard InChI is InChI=1S/C23H30N4OS2/c1-4-7-13-29-23(30-14-8-5-2)22(16-25)19(21(22,15-24)20(26)27-23)17-11-9-10-12-18(17)28-6-3/h9-12,19H,4-8,13-14H2,1-3H3,(H2,26,27). The van der Waals surface area contributed by atoms with E-state index in [1.807, 2.05) is 31.2 Å². The van der Waals surface area contributed by atoms with Crippen LogP contribution in [0.15, 0.2) is 29.3 Å². The van der Waals surface area contributed by atoms with Crippen LogP contribution in [0.4, 0.5) is 0 Å². The minimum absolute atomic E-state index is 0.302. The number of nitrogens with two attached hydrogens (primary N) is 1. The third-order valence-corrected chi connectivity index (χ3v) is 9.35. The highest BCUT2D eigenvalue weighted by atomic mass is 32.2. The summed E-state index contributed by atoms with van der Waals surface area (Å²) in [6.07, 6.45) is 4.22. The van der Waals surface area contributed by atoms with Gasteiger partial charge in [0.05, 0.1) is 18.7 Å². The van der Waals surface area contributed by atoms with Crippen LogP contribution in [0.5, 0.6) is 5.75 Å². The zero-order valence-electron chi connectivity index (χ0n) is 18.0. The van der Waals surface area contributed by atoms with Crippen molar-refractivity contribution in [3.8, 4) is 17.9 Å². The summed E-state index contributed by atoms with van der Waals surface area (Å²) in [7, 11) is 0. The summed E-state index contributed by atoms with van der Waals surface area (Å²) < 4.78 is 5.10. The number of unbranched alkanes of at least 4 members (excludes halogenated alkanes) is 2. The van der Waals surface area contributed by atoms with Crippen LogP contribution in [-0.4, -0.2) is 28.2 Å². The Hall–Kier alpha value is -1.83. The van der Waals surface area contributed by atoms with E-state index in [1.165, 1.54) is 0 Å². The lowest BCUT2D eigenvalue weighted by Gasteiger charge is -2.32. The van der Waals surface area contributed by atoms with Gasteiger partial charge >= 0.3 is 0 Å². The van der Waals surface area contributed by atoms with Gasteiger partial charge in [0.1, 0.15) is 22.4 Å². The number of ether oxygens (including phenoxy) is 1. The van der Waals surface area contributed by atoms with Gasteiger partial charge in [0, 0.05) is 11.5 Å². The van der Waals surface area contributed by atoms with Crippen molar-refractivity contribution in [1.29, 1.82) is 10.5 Å². The van der Waals surface area contributed by atoms with Gasteiger partial charge in [-0.3, -0.25) is 0 Å². The molecule has 2 N–H and O–H groups in total. The molecular formula is C23H30N4OS2. The summed E-state index contributed by atoms with van der Waals surface area (Å²) in [6, 6.07) is 12.8. The number of hydrogen-bond acceptors (Lipinski definition) is 7. The Morgan fingerprint density at radius 3 is 2.23 bits per heavy atom. The summed E-state index contributed by atoms with van der Waals surface area (Å²) in [5, 5.41) is 20.9. The second-order valence-electron chi connectivity index (χ2n) is 7.73. The van der Waals surface area contributed by atoms with Crippen molar-refractivity contribution in [3.05, 3.63) is 29.8 Å². The normalized spacial score (nSPS) is 28.2. The van der Waals surface area contributed by atoms with Crippen molar-refractivity contribution in [2.24, 2.45) is 21.6 Å². The number of benzene rings is 1. The maximum atomic E-state index is 10.6. The SMILES string of the molecule is CCCCSC1(SCCCC)N=C(N)C2(C#N)C(c3ccccc3OCC)C12C#N. The molecule has 1 heterocycles. The molecule has 160 valence electrons. The van der Waals surface area contributed by atoms with Gasteiger partial charge in [0.25, 0.3) is 0 Å². The van der Waals surface area contributed by atoms with E-state index in [1.54, 1.807) is 23.5 Å². The Morgan fingerprint density at radius 2 is 1.70 bits per heavy atom. The number of para-hydroxylation sites is 1. The van der Waals surface area contributed by atoms with Crippen molar-refractivity contribution in [2.45, 2.75) is 56.6 Å². The van der Waals surface area contributed by atoms with Crippen LogP contribution in [0.2, 0.25) is 0 Å². The van der Waals surface area contributed by atoms with Crippen molar-refractivity contribution >= 4 is 29.4 Å². The van der Waals surface area contributed by atoms with Crippen LogP contribution >= 0.6 is 23.5 Å². The van der Waals surface area contributed by atoms with Gasteiger partial charge in [-0.25, -0.2) is 4.99 Å². The number of hydrogen-bond donors (Lipinski definition) is 1. The second kappa shape index (κ2) is 9.12. The molecule has 1 aliphatic heterocycles. The molecule has 0 aromatic heterocycles. The minimum Gasteiger partial charge on any atom is -0.494 e. The Morgan fingerprint density at radius 1 is 1.07 bits per heavy atom. The second-order valence-corrected chi connectivity index (χ2v) is 10.6. The van der Waals surface area contributed by atoms with E-state index in [9.17, 15) is 10.5 Å². The van der Waals surface area contributed by atoms with Crippen LogP contribution in [0, 0.1) is 33.5 Å². The molecule has 1 aliphatic carbocycles. The molecule has 0 saturated heterocycles. The van der Waals surface area contributed by atoms with Crippen molar-refractivity contribution in [1.82, 2.24) is 0 Å². The summed E-state index contributed by atoms with van der Waals surface area (Å²) in [5.74, 6) is 2.45. The van der Waals surface area contributed by atoms with Gasteiger partial charge in [-0.05, 0) is 37.3 Å². The first-order chi connectivity index (χ1) is 14.5. The maximum absolute atomic E-state index is 10.6. The average molecular weight is 443 g/mol. The molecule has 0 spiro atoms. The lowest BCUT2D eigenvalue weighted by molar-refractivity contribution is 0.335. The van der Waals surface area contributed by atoms with E-state index < -0.39 is 15.0 Å². The fourth-order valence-electron chi connectivity index (χ4n) is 4.54. The maximum Gasteiger partial charge on any atom is 0.175 e. The Labute approximate surface area is 188 Å². The van der Waals surface area contributed by atoms with Gasteiger partial charge in [-0.2, -0.15) is 10.5 Å². The zero-order chi connectivity index (χ0) is 21.8. The zero-order valence-corrected chi connectivity index (χ0v) is 19.6. The van der Waals surface area contributed by atoms with E-state index in [-0.39, 0.29) is 5.92 Å². The van der Waals surface area contributed by atoms with Gasteiger partial charge in [-0.1, -0.05) is 44.9 Å². The predicted octanol–water partition coefficient (Wildman–Crippen LogP) is 5.29. The molecule has 0 bridgehead atoms. The fourth-order valence-corrected chi connectivity index (χ4v) is 8.22. The predicted molar refractivity (Wildman–Crippen MR) is 126 cm³/mol. The molecule has 1 aromatic rings. The average Bonchev–Trinajstić information content (AvgIpc) is 3.33. The molecule has 30 heavy (non-hydrogen) atoms. The number of aliphatic imine (C=N–C) groups is 1. The van der Waals surface area contributed by atoms with Gasteiger partial charge in [0.2, 0.25) is 0 Å². The van der Waals surface area contributed by atoms with E-state index >= 15 is 0 Å². The van der Waals surface area contributed by atoms with Crippen LogP contribution in [0.1, 0.15) is 57.9 Å². The molecule has 5 nitrogen and oxygen atoms in total. The first-order valence-corrected chi connectivity index (χ1v) is 12.7. The van der Waals surface area contributed by atoms with Crippen LogP contribution in [0.3, 0.4) is 0 Å². The molecule has 1 saturated carbocycles. The van der Waals surface area contributed by atoms with Gasteiger partial charge in [0.15, 0.2) is 4.20 Å². The monoisotopic (exact) mass is 442 g/mol. The van der Waals surface area contributed by atoms with Crippen molar-refractivity contribution in [3.63, 3.8) is 0 Å². The van der Waals surface area contributed by atoms with E-state index in [4.69, 9.17) is 15.5 Å². The van der Waals surface area contributed by atoms with Crippen LogP contribution in [0.25, 0.3) is 0 Å². The van der Waals surface area contributed by atoms with Crippen molar-refractivity contribution < 1.29 is 4.74 Å². The van der Waals surface area contributed by atoms with E-state index in [0.29, 0.717) is 12.4 Å². The Bertz CT molecular complexity index is 880. The molecule has 1 fully saturated rings. The number of fused-ring (bicyclic) bond motifs is 1. The van der Waals surface area contributed by atoms with Crippen LogP contribution < -0.4 is 10.5 Å². The first-order valence-electron chi connectivity index (χ1n) is 10.7. The van der Waals surface area contributed by atoms with Crippen LogP contribution in [-0.2, 0) is 0 Å². The quantitative estimate of drug-likeness (QED) is 0.369. The molecule has 0 amide bonds. The smallest absolute Gasteiger partial charge is 0.175 e. The molecule has 7 heteroatoms. The first kappa shape index (κ1) is 22.8. The number of amidine groups is 1. The topological polar surface area (TPSA) is 95.2 Å². The fraction of sp³-hybridized carbons (Fsp3) is 0.609. The lowest BCUT2D eigenvalue weighted by atomic mass is 9.97. The molecule has 1 aromatic carbocycles. The number of nitriles is 2. The molecule has 3 atom stereocenters. The van der Waals surface area contributed by atoms with E-state index in [0.717, 1.165) is 48.5 Å². The summed E-state index contributed by atoms with van der Waals surface area (Å²) in [6.45, 7) is 6.77. The summed E-state index contributed by atoms with van der Waals surface area (Å²) in [4.78, 5) is 4.87. The molecule has 0 radical (unpaired) electrons. The highest BCUT2D eigenvalue weighted by Gasteiger charge is 2.92. The molecular weight excluding hydrogens is 412 g/mol. The summed E-state index contributed by atoms with van der Waals surface area (Å²) in [5.41, 5.74) is 5.26. The third kappa shape index (κ3) is 3.10.